The number of hydrogen-bond donors (Lipinski definition) is 2. The molecule has 3 nitrogen and oxygen atoms in total. The number of hydrogen-bond acceptors (Lipinski definition) is 2. The van der Waals surface area contributed by atoms with Crippen molar-refractivity contribution in [1.82, 2.24) is 0 Å². The van der Waals surface area contributed by atoms with E-state index in [9.17, 15) is 4.79 Å². The van der Waals surface area contributed by atoms with E-state index < -0.39 is 5.97 Å². The van der Waals surface area contributed by atoms with E-state index in [0.29, 0.717) is 0 Å². The zero-order chi connectivity index (χ0) is 11.8. The summed E-state index contributed by atoms with van der Waals surface area (Å²) in [6, 6.07) is 7.72. The van der Waals surface area contributed by atoms with Gasteiger partial charge in [-0.3, -0.25) is 4.79 Å². The molecule has 0 bridgehead atoms. The molecule has 0 aliphatic heterocycles. The van der Waals surface area contributed by atoms with E-state index in [1.54, 1.807) is 0 Å². The lowest BCUT2D eigenvalue weighted by Gasteiger charge is -2.22. The maximum Gasteiger partial charge on any atom is 0.304 e. The molecular formula is C12H14BrNO2. The monoisotopic (exact) mass is 283 g/mol. The SMILES string of the molecule is NC(CC(=O)O)C1(c2ccc(Br)cc2)CC1. The molecule has 0 radical (unpaired) electrons. The summed E-state index contributed by atoms with van der Waals surface area (Å²) < 4.78 is 1.03. The van der Waals surface area contributed by atoms with Gasteiger partial charge in [-0.2, -0.15) is 0 Å². The molecule has 0 heterocycles. The third kappa shape index (κ3) is 2.13. The van der Waals surface area contributed by atoms with Gasteiger partial charge in [0.25, 0.3) is 0 Å². The Hall–Kier alpha value is -0.870. The van der Waals surface area contributed by atoms with Gasteiger partial charge in [0.1, 0.15) is 0 Å². The average Bonchev–Trinajstić information content (AvgIpc) is 2.98. The third-order valence-electron chi connectivity index (χ3n) is 3.31. The number of rotatable bonds is 4. The highest BCUT2D eigenvalue weighted by molar-refractivity contribution is 9.10. The van der Waals surface area contributed by atoms with Crippen LogP contribution in [0.4, 0.5) is 0 Å². The molecule has 3 N–H and O–H groups in total. The first-order valence-corrected chi connectivity index (χ1v) is 6.07. The maximum absolute atomic E-state index is 10.7. The predicted octanol–water partition coefficient (Wildman–Crippen LogP) is 2.28. The summed E-state index contributed by atoms with van der Waals surface area (Å²) >= 11 is 3.38. The molecule has 1 aromatic carbocycles. The van der Waals surface area contributed by atoms with E-state index in [4.69, 9.17) is 10.8 Å². The van der Waals surface area contributed by atoms with Gasteiger partial charge in [0.2, 0.25) is 0 Å². The summed E-state index contributed by atoms with van der Waals surface area (Å²) in [5.74, 6) is -0.823. The summed E-state index contributed by atoms with van der Waals surface area (Å²) in [5, 5.41) is 8.78. The van der Waals surface area contributed by atoms with E-state index in [0.717, 1.165) is 22.9 Å². The van der Waals surface area contributed by atoms with Crippen molar-refractivity contribution in [3.05, 3.63) is 34.3 Å². The minimum atomic E-state index is -0.823. The summed E-state index contributed by atoms with van der Waals surface area (Å²) in [5.41, 5.74) is 7.05. The van der Waals surface area contributed by atoms with Crippen LogP contribution < -0.4 is 5.73 Å². The van der Waals surface area contributed by atoms with Crippen LogP contribution in [-0.2, 0) is 10.2 Å². The molecule has 1 aromatic rings. The second-order valence-corrected chi connectivity index (χ2v) is 5.28. The highest BCUT2D eigenvalue weighted by Gasteiger charge is 2.49. The highest BCUT2D eigenvalue weighted by atomic mass is 79.9. The molecule has 16 heavy (non-hydrogen) atoms. The number of benzene rings is 1. The van der Waals surface area contributed by atoms with Gasteiger partial charge in [0, 0.05) is 15.9 Å². The van der Waals surface area contributed by atoms with E-state index in [2.05, 4.69) is 15.9 Å². The summed E-state index contributed by atoms with van der Waals surface area (Å²) in [6.45, 7) is 0. The van der Waals surface area contributed by atoms with Crippen molar-refractivity contribution >= 4 is 21.9 Å². The first kappa shape index (κ1) is 11.6. The van der Waals surface area contributed by atoms with Crippen LogP contribution in [0.2, 0.25) is 0 Å². The molecule has 1 saturated carbocycles. The average molecular weight is 284 g/mol. The maximum atomic E-state index is 10.7. The van der Waals surface area contributed by atoms with Crippen molar-refractivity contribution < 1.29 is 9.90 Å². The van der Waals surface area contributed by atoms with Crippen molar-refractivity contribution in [1.29, 1.82) is 0 Å². The molecule has 0 saturated heterocycles. The Morgan fingerprint density at radius 2 is 2.00 bits per heavy atom. The molecule has 1 aliphatic carbocycles. The number of aliphatic carboxylic acids is 1. The Kier molecular flexibility index (Phi) is 3.04. The quantitative estimate of drug-likeness (QED) is 0.891. The van der Waals surface area contributed by atoms with E-state index in [-0.39, 0.29) is 17.9 Å². The molecule has 2 rings (SSSR count). The Bertz CT molecular complexity index is 398. The summed E-state index contributed by atoms with van der Waals surface area (Å²) in [6.07, 6.45) is 2.02. The fourth-order valence-corrected chi connectivity index (χ4v) is 2.44. The van der Waals surface area contributed by atoms with Crippen LogP contribution in [0.3, 0.4) is 0 Å². The first-order chi connectivity index (χ1) is 7.54. The van der Waals surface area contributed by atoms with Gasteiger partial charge < -0.3 is 10.8 Å². The van der Waals surface area contributed by atoms with Crippen LogP contribution in [-0.4, -0.2) is 17.1 Å². The predicted molar refractivity (Wildman–Crippen MR) is 65.3 cm³/mol. The van der Waals surface area contributed by atoms with Gasteiger partial charge >= 0.3 is 5.97 Å². The Labute approximate surface area is 103 Å². The largest absolute Gasteiger partial charge is 0.481 e. The lowest BCUT2D eigenvalue weighted by atomic mass is 9.87. The van der Waals surface area contributed by atoms with E-state index in [1.807, 2.05) is 24.3 Å². The number of carboxylic acid groups (broad SMARTS) is 1. The molecule has 0 aromatic heterocycles. The molecule has 86 valence electrons. The molecule has 1 fully saturated rings. The van der Waals surface area contributed by atoms with Crippen LogP contribution in [0.15, 0.2) is 28.7 Å². The van der Waals surface area contributed by atoms with Gasteiger partial charge in [0.05, 0.1) is 6.42 Å². The smallest absolute Gasteiger partial charge is 0.304 e. The van der Waals surface area contributed by atoms with Crippen molar-refractivity contribution in [2.45, 2.75) is 30.7 Å². The zero-order valence-electron chi connectivity index (χ0n) is 8.82. The number of halogens is 1. The normalized spacial score (nSPS) is 19.1. The van der Waals surface area contributed by atoms with Gasteiger partial charge in [-0.15, -0.1) is 0 Å². The van der Waals surface area contributed by atoms with Crippen molar-refractivity contribution in [2.75, 3.05) is 0 Å². The van der Waals surface area contributed by atoms with E-state index >= 15 is 0 Å². The summed E-state index contributed by atoms with van der Waals surface area (Å²) in [4.78, 5) is 10.7. The van der Waals surface area contributed by atoms with Gasteiger partial charge in [-0.05, 0) is 30.5 Å². The molecule has 1 unspecified atom stereocenters. The third-order valence-corrected chi connectivity index (χ3v) is 3.84. The lowest BCUT2D eigenvalue weighted by Crippen LogP contribution is -2.36. The van der Waals surface area contributed by atoms with Gasteiger partial charge in [-0.25, -0.2) is 0 Å². The second-order valence-electron chi connectivity index (χ2n) is 4.37. The lowest BCUT2D eigenvalue weighted by molar-refractivity contribution is -0.137. The fraction of sp³-hybridized carbons (Fsp3) is 0.417. The van der Waals surface area contributed by atoms with Crippen LogP contribution in [0.25, 0.3) is 0 Å². The molecule has 1 atom stereocenters. The fourth-order valence-electron chi connectivity index (χ4n) is 2.17. The van der Waals surface area contributed by atoms with Crippen molar-refractivity contribution in [3.8, 4) is 0 Å². The van der Waals surface area contributed by atoms with Crippen LogP contribution in [0.5, 0.6) is 0 Å². The number of carboxylic acids is 1. The van der Waals surface area contributed by atoms with Crippen LogP contribution >= 0.6 is 15.9 Å². The Morgan fingerprint density at radius 1 is 1.44 bits per heavy atom. The van der Waals surface area contributed by atoms with Crippen LogP contribution in [0.1, 0.15) is 24.8 Å². The topological polar surface area (TPSA) is 63.3 Å². The number of carbonyl (C=O) groups is 1. The molecule has 1 aliphatic rings. The molecule has 0 amide bonds. The second kappa shape index (κ2) is 4.18. The minimum Gasteiger partial charge on any atom is -0.481 e. The Morgan fingerprint density at radius 3 is 2.44 bits per heavy atom. The minimum absolute atomic E-state index is 0.0378. The van der Waals surface area contributed by atoms with Crippen molar-refractivity contribution in [3.63, 3.8) is 0 Å². The van der Waals surface area contributed by atoms with Crippen molar-refractivity contribution in [2.24, 2.45) is 5.73 Å². The van der Waals surface area contributed by atoms with Crippen LogP contribution in [0, 0.1) is 0 Å². The Balaban J connectivity index is 2.19. The van der Waals surface area contributed by atoms with E-state index in [1.165, 1.54) is 0 Å². The molecule has 0 spiro atoms. The molecular weight excluding hydrogens is 270 g/mol. The van der Waals surface area contributed by atoms with Gasteiger partial charge in [0.15, 0.2) is 0 Å². The summed E-state index contributed by atoms with van der Waals surface area (Å²) in [7, 11) is 0. The standard InChI is InChI=1S/C12H14BrNO2/c13-9-3-1-8(2-4-9)12(5-6-12)10(14)7-11(15)16/h1-4,10H,5-7,14H2,(H,15,16). The number of nitrogens with two attached hydrogens (primary N) is 1. The molecule has 4 heteroatoms. The zero-order valence-corrected chi connectivity index (χ0v) is 10.4. The first-order valence-electron chi connectivity index (χ1n) is 5.28. The highest BCUT2D eigenvalue weighted by Crippen LogP contribution is 2.51. The van der Waals surface area contributed by atoms with Gasteiger partial charge in [-0.1, -0.05) is 28.1 Å².